The average Bonchev–Trinajstić information content (AvgIpc) is 3.10. The summed E-state index contributed by atoms with van der Waals surface area (Å²) >= 11 is 0. The van der Waals surface area contributed by atoms with Crippen molar-refractivity contribution in [1.82, 2.24) is 0 Å². The van der Waals surface area contributed by atoms with Gasteiger partial charge in [-0.1, -0.05) is 54.6 Å². The van der Waals surface area contributed by atoms with Gasteiger partial charge >= 0.3 is 0 Å². The lowest BCUT2D eigenvalue weighted by Crippen LogP contribution is -2.31. The van der Waals surface area contributed by atoms with Gasteiger partial charge in [-0.3, -0.25) is 0 Å². The normalized spacial score (nSPS) is 12.0. The molecule has 0 saturated heterocycles. The molecule has 0 saturated carbocycles. The lowest BCUT2D eigenvalue weighted by Gasteiger charge is -2.16. The van der Waals surface area contributed by atoms with Crippen LogP contribution >= 0.6 is 0 Å². The van der Waals surface area contributed by atoms with Crippen LogP contribution in [0.1, 0.15) is 22.3 Å². The second-order valence-corrected chi connectivity index (χ2v) is 7.85. The Morgan fingerprint density at radius 1 is 0.750 bits per heavy atom. The molecule has 0 N–H and O–H groups in total. The Labute approximate surface area is 166 Å². The molecule has 0 aliphatic heterocycles. The van der Waals surface area contributed by atoms with Crippen LogP contribution in [0.5, 0.6) is 0 Å². The van der Waals surface area contributed by atoms with Crippen LogP contribution in [-0.2, 0) is 13.5 Å². The molecule has 1 nitrogen and oxygen atoms in total. The van der Waals surface area contributed by atoms with Crippen molar-refractivity contribution in [2.75, 3.05) is 0 Å². The maximum Gasteiger partial charge on any atom is 0.212 e. The van der Waals surface area contributed by atoms with Gasteiger partial charge in [-0.05, 0) is 71.3 Å². The molecular formula is C27H24N+. The zero-order valence-electron chi connectivity index (χ0n) is 16.7. The van der Waals surface area contributed by atoms with Gasteiger partial charge in [0.2, 0.25) is 5.69 Å². The van der Waals surface area contributed by atoms with E-state index in [-0.39, 0.29) is 0 Å². The van der Waals surface area contributed by atoms with Gasteiger partial charge in [-0.2, -0.15) is 0 Å². The fraction of sp³-hybridized carbons (Fsp3) is 0.148. The number of fused-ring (bicyclic) bond motifs is 3. The van der Waals surface area contributed by atoms with Crippen molar-refractivity contribution in [2.45, 2.75) is 20.3 Å². The summed E-state index contributed by atoms with van der Waals surface area (Å²) in [4.78, 5) is 0. The van der Waals surface area contributed by atoms with Crippen LogP contribution in [0, 0.1) is 13.8 Å². The van der Waals surface area contributed by atoms with Gasteiger partial charge in [0.25, 0.3) is 0 Å². The Balaban J connectivity index is 1.84. The summed E-state index contributed by atoms with van der Waals surface area (Å²) in [6.07, 6.45) is 3.22. The Hall–Kier alpha value is -3.19. The first kappa shape index (κ1) is 16.9. The summed E-state index contributed by atoms with van der Waals surface area (Å²) in [6.45, 7) is 4.43. The van der Waals surface area contributed by atoms with Gasteiger partial charge in [0.15, 0.2) is 6.20 Å². The number of rotatable bonds is 2. The molecule has 0 fully saturated rings. The predicted octanol–water partition coefficient (Wildman–Crippen LogP) is 6.03. The van der Waals surface area contributed by atoms with E-state index in [2.05, 4.69) is 104 Å². The van der Waals surface area contributed by atoms with Gasteiger partial charge in [-0.15, -0.1) is 0 Å². The zero-order valence-corrected chi connectivity index (χ0v) is 16.7. The molecule has 0 radical (unpaired) electrons. The van der Waals surface area contributed by atoms with Crippen molar-refractivity contribution in [3.8, 4) is 33.5 Å². The molecule has 5 rings (SSSR count). The number of nitrogens with zero attached hydrogens (tertiary/aromatic N) is 1. The highest BCUT2D eigenvalue weighted by molar-refractivity contribution is 5.94. The molecule has 0 spiro atoms. The van der Waals surface area contributed by atoms with E-state index in [9.17, 15) is 0 Å². The molecule has 1 heterocycles. The van der Waals surface area contributed by atoms with Gasteiger partial charge in [0.1, 0.15) is 7.05 Å². The van der Waals surface area contributed by atoms with Crippen molar-refractivity contribution >= 4 is 0 Å². The maximum atomic E-state index is 2.40. The first-order valence-corrected chi connectivity index (χ1v) is 9.90. The third-order valence-corrected chi connectivity index (χ3v) is 6.01. The standard InChI is InChI=1S/C27H24N/c1-18-13-14-26(28(3)17-18)23-16-25(20-9-5-4-6-10-20)27-22-12-8-7-11-21(22)15-24(27)19(23)2/h4-14,16-17H,15H2,1-3H3/q+1. The van der Waals surface area contributed by atoms with Crippen molar-refractivity contribution in [2.24, 2.45) is 7.05 Å². The highest BCUT2D eigenvalue weighted by Gasteiger charge is 2.27. The van der Waals surface area contributed by atoms with E-state index < -0.39 is 0 Å². The van der Waals surface area contributed by atoms with E-state index in [4.69, 9.17) is 0 Å². The van der Waals surface area contributed by atoms with Gasteiger partial charge in [0.05, 0.1) is 0 Å². The summed E-state index contributed by atoms with van der Waals surface area (Å²) in [5.41, 5.74) is 13.6. The Morgan fingerprint density at radius 2 is 1.50 bits per heavy atom. The minimum Gasteiger partial charge on any atom is -0.201 e. The Morgan fingerprint density at radius 3 is 2.29 bits per heavy atom. The highest BCUT2D eigenvalue weighted by atomic mass is 14.9. The molecule has 3 aromatic carbocycles. The number of aromatic nitrogens is 1. The van der Waals surface area contributed by atoms with Gasteiger partial charge in [0, 0.05) is 17.2 Å². The van der Waals surface area contributed by atoms with Crippen LogP contribution in [0.2, 0.25) is 0 Å². The van der Waals surface area contributed by atoms with E-state index in [1.54, 1.807) is 0 Å². The van der Waals surface area contributed by atoms with Crippen molar-refractivity contribution in [1.29, 1.82) is 0 Å². The van der Waals surface area contributed by atoms with Crippen LogP contribution in [0.15, 0.2) is 79.0 Å². The third kappa shape index (κ3) is 2.58. The van der Waals surface area contributed by atoms with Crippen LogP contribution in [-0.4, -0.2) is 0 Å². The molecule has 0 atom stereocenters. The Bertz CT molecular complexity index is 1200. The van der Waals surface area contributed by atoms with Crippen molar-refractivity contribution in [3.63, 3.8) is 0 Å². The van der Waals surface area contributed by atoms with Crippen LogP contribution in [0.25, 0.3) is 33.5 Å². The minimum atomic E-state index is 1.01. The van der Waals surface area contributed by atoms with Crippen LogP contribution < -0.4 is 4.57 Å². The summed E-state index contributed by atoms with van der Waals surface area (Å²) in [5, 5.41) is 0. The predicted molar refractivity (Wildman–Crippen MR) is 116 cm³/mol. The minimum absolute atomic E-state index is 1.01. The maximum absolute atomic E-state index is 2.40. The first-order valence-electron chi connectivity index (χ1n) is 9.90. The van der Waals surface area contributed by atoms with E-state index in [1.807, 2.05) is 0 Å². The van der Waals surface area contributed by atoms with Crippen molar-refractivity contribution < 1.29 is 4.57 Å². The lowest BCUT2D eigenvalue weighted by atomic mass is 9.87. The van der Waals surface area contributed by atoms with Crippen LogP contribution in [0.4, 0.5) is 0 Å². The van der Waals surface area contributed by atoms with E-state index in [1.165, 1.54) is 55.8 Å². The van der Waals surface area contributed by atoms with E-state index >= 15 is 0 Å². The Kier molecular flexibility index (Phi) is 3.91. The second-order valence-electron chi connectivity index (χ2n) is 7.85. The molecule has 1 heteroatoms. The summed E-state index contributed by atoms with van der Waals surface area (Å²) in [7, 11) is 2.14. The summed E-state index contributed by atoms with van der Waals surface area (Å²) in [5.74, 6) is 0. The van der Waals surface area contributed by atoms with Crippen LogP contribution in [0.3, 0.4) is 0 Å². The summed E-state index contributed by atoms with van der Waals surface area (Å²) < 4.78 is 2.25. The molecule has 4 aromatic rings. The molecule has 136 valence electrons. The highest BCUT2D eigenvalue weighted by Crippen LogP contribution is 2.46. The first-order chi connectivity index (χ1) is 13.6. The second kappa shape index (κ2) is 6.45. The quantitative estimate of drug-likeness (QED) is 0.337. The molecule has 0 amide bonds. The van der Waals surface area contributed by atoms with Gasteiger partial charge in [-0.25, -0.2) is 4.57 Å². The van der Waals surface area contributed by atoms with Crippen molar-refractivity contribution in [3.05, 3.63) is 101 Å². The average molecular weight is 362 g/mol. The number of hydrogen-bond donors (Lipinski definition) is 0. The SMILES string of the molecule is Cc1ccc(-c2cc(-c3ccccc3)c3c(c2C)Cc2ccccc2-3)[n+](C)c1. The molecular weight excluding hydrogens is 338 g/mol. The fourth-order valence-corrected chi connectivity index (χ4v) is 4.61. The number of pyridine rings is 1. The molecule has 28 heavy (non-hydrogen) atoms. The van der Waals surface area contributed by atoms with Gasteiger partial charge < -0.3 is 0 Å². The zero-order chi connectivity index (χ0) is 19.3. The monoisotopic (exact) mass is 362 g/mol. The number of benzene rings is 3. The smallest absolute Gasteiger partial charge is 0.201 e. The molecule has 1 aliphatic rings. The summed E-state index contributed by atoms with van der Waals surface area (Å²) in [6, 6.07) is 26.5. The topological polar surface area (TPSA) is 3.88 Å². The molecule has 1 aliphatic carbocycles. The van der Waals surface area contributed by atoms with E-state index in [0.29, 0.717) is 0 Å². The lowest BCUT2D eigenvalue weighted by molar-refractivity contribution is -0.660. The molecule has 0 bridgehead atoms. The largest absolute Gasteiger partial charge is 0.212 e. The molecule has 0 unspecified atom stereocenters. The fourth-order valence-electron chi connectivity index (χ4n) is 4.61. The number of aryl methyl sites for hydroxylation is 2. The number of hydrogen-bond acceptors (Lipinski definition) is 0. The third-order valence-electron chi connectivity index (χ3n) is 6.01. The molecule has 1 aromatic heterocycles. The van der Waals surface area contributed by atoms with E-state index in [0.717, 1.165) is 6.42 Å².